The molecule has 2 aromatic carbocycles. The van der Waals surface area contributed by atoms with Crippen LogP contribution in [0, 0.1) is 22.7 Å². The summed E-state index contributed by atoms with van der Waals surface area (Å²) < 4.78 is 26.1. The van der Waals surface area contributed by atoms with Crippen LogP contribution >= 0.6 is 0 Å². The van der Waals surface area contributed by atoms with E-state index in [2.05, 4.69) is 0 Å². The van der Waals surface area contributed by atoms with Crippen LogP contribution in [0.5, 0.6) is 0 Å². The Morgan fingerprint density at radius 2 is 1.62 bits per heavy atom. The van der Waals surface area contributed by atoms with Crippen molar-refractivity contribution in [2.45, 2.75) is 4.90 Å². The van der Waals surface area contributed by atoms with Gasteiger partial charge in [-0.25, -0.2) is 8.42 Å². The van der Waals surface area contributed by atoms with Gasteiger partial charge in [0, 0.05) is 19.8 Å². The predicted octanol–water partition coefficient (Wildman–Crippen LogP) is 1.71. The quantitative estimate of drug-likeness (QED) is 0.799. The van der Waals surface area contributed by atoms with Crippen LogP contribution in [0.3, 0.4) is 0 Å². The molecule has 7 nitrogen and oxygen atoms in total. The van der Waals surface area contributed by atoms with Crippen LogP contribution in [0.1, 0.15) is 11.1 Å². The predicted molar refractivity (Wildman–Crippen MR) is 95.5 cm³/mol. The third-order valence-electron chi connectivity index (χ3n) is 3.79. The molecule has 0 fully saturated rings. The molecule has 0 radical (unpaired) electrons. The minimum Gasteiger partial charge on any atom is -0.314 e. The number of amides is 1. The Morgan fingerprint density at radius 1 is 1.00 bits per heavy atom. The van der Waals surface area contributed by atoms with Crippen LogP contribution in [0.4, 0.5) is 5.69 Å². The van der Waals surface area contributed by atoms with Crippen molar-refractivity contribution >= 4 is 21.6 Å². The summed E-state index contributed by atoms with van der Waals surface area (Å²) in [5.74, 6) is -0.445. The number of rotatable bonds is 5. The highest BCUT2D eigenvalue weighted by Gasteiger charge is 2.24. The number of hydrogen-bond donors (Lipinski definition) is 0. The van der Waals surface area contributed by atoms with Crippen LogP contribution in [0.25, 0.3) is 0 Å². The van der Waals surface area contributed by atoms with Crippen molar-refractivity contribution in [3.63, 3.8) is 0 Å². The molecule has 26 heavy (non-hydrogen) atoms. The second-order valence-electron chi connectivity index (χ2n) is 5.51. The van der Waals surface area contributed by atoms with Crippen molar-refractivity contribution in [2.24, 2.45) is 0 Å². The summed E-state index contributed by atoms with van der Waals surface area (Å²) >= 11 is 0. The normalized spacial score (nSPS) is 10.8. The van der Waals surface area contributed by atoms with E-state index < -0.39 is 15.9 Å². The lowest BCUT2D eigenvalue weighted by atomic mass is 10.2. The van der Waals surface area contributed by atoms with Gasteiger partial charge in [-0.2, -0.15) is 14.8 Å². The highest BCUT2D eigenvalue weighted by Crippen LogP contribution is 2.17. The first-order valence-corrected chi connectivity index (χ1v) is 8.97. The molecule has 0 aliphatic rings. The summed E-state index contributed by atoms with van der Waals surface area (Å²) in [5, 5.41) is 17.7. The lowest BCUT2D eigenvalue weighted by Crippen LogP contribution is -2.39. The Bertz CT molecular complexity index is 1000. The zero-order chi connectivity index (χ0) is 19.3. The number of anilines is 1. The van der Waals surface area contributed by atoms with E-state index >= 15 is 0 Å². The van der Waals surface area contributed by atoms with Gasteiger partial charge in [0.05, 0.1) is 34.7 Å². The molecule has 0 aromatic heterocycles. The molecule has 0 aliphatic heterocycles. The molecule has 0 bridgehead atoms. The number of nitriles is 2. The van der Waals surface area contributed by atoms with Gasteiger partial charge in [-0.3, -0.25) is 4.79 Å². The SMILES string of the molecule is CN(C(=O)CN(C)S(=O)(=O)c1ccc(C#N)cc1)c1cccc(C#N)c1. The zero-order valence-electron chi connectivity index (χ0n) is 14.2. The first-order chi connectivity index (χ1) is 12.3. The molecule has 2 aromatic rings. The summed E-state index contributed by atoms with van der Waals surface area (Å²) in [4.78, 5) is 13.7. The van der Waals surface area contributed by atoms with E-state index in [0.717, 1.165) is 4.31 Å². The van der Waals surface area contributed by atoms with Gasteiger partial charge in [0.25, 0.3) is 0 Å². The Morgan fingerprint density at radius 3 is 2.19 bits per heavy atom. The molecule has 0 atom stereocenters. The van der Waals surface area contributed by atoms with E-state index in [1.807, 2.05) is 12.1 Å². The molecular weight excluding hydrogens is 352 g/mol. The van der Waals surface area contributed by atoms with E-state index in [0.29, 0.717) is 16.8 Å². The minimum atomic E-state index is -3.86. The molecule has 132 valence electrons. The van der Waals surface area contributed by atoms with Gasteiger partial charge in [0.15, 0.2) is 0 Å². The molecule has 8 heteroatoms. The number of nitrogens with zero attached hydrogens (tertiary/aromatic N) is 4. The smallest absolute Gasteiger partial charge is 0.243 e. The Hall–Kier alpha value is -3.20. The van der Waals surface area contributed by atoms with E-state index in [1.165, 1.54) is 43.3 Å². The number of carbonyl (C=O) groups is 1. The molecule has 0 heterocycles. The molecular formula is C18H16N4O3S. The number of sulfonamides is 1. The summed E-state index contributed by atoms with van der Waals surface area (Å²) in [6, 6.07) is 15.8. The van der Waals surface area contributed by atoms with Crippen molar-refractivity contribution in [1.29, 1.82) is 10.5 Å². The van der Waals surface area contributed by atoms with E-state index in [4.69, 9.17) is 10.5 Å². The van der Waals surface area contributed by atoms with Gasteiger partial charge in [-0.05, 0) is 42.5 Å². The Kier molecular flexibility index (Phi) is 5.73. The van der Waals surface area contributed by atoms with Gasteiger partial charge in [0.1, 0.15) is 0 Å². The highest BCUT2D eigenvalue weighted by atomic mass is 32.2. The standard InChI is InChI=1S/C18H16N4O3S/c1-21(26(24,25)17-8-6-14(11-19)7-9-17)13-18(23)22(2)16-5-3-4-15(10-16)12-20/h3-10H,13H2,1-2H3. The maximum atomic E-state index is 12.6. The highest BCUT2D eigenvalue weighted by molar-refractivity contribution is 7.89. The van der Waals surface area contributed by atoms with Gasteiger partial charge in [-0.15, -0.1) is 0 Å². The van der Waals surface area contributed by atoms with Crippen molar-refractivity contribution in [2.75, 3.05) is 25.5 Å². The number of likely N-dealkylation sites (N-methyl/N-ethyl adjacent to an activating group) is 2. The van der Waals surface area contributed by atoms with E-state index in [-0.39, 0.29) is 11.4 Å². The van der Waals surface area contributed by atoms with Gasteiger partial charge in [-0.1, -0.05) is 6.07 Å². The third-order valence-corrected chi connectivity index (χ3v) is 5.60. The first kappa shape index (κ1) is 19.1. The summed E-state index contributed by atoms with van der Waals surface area (Å²) in [6.45, 7) is -0.365. The van der Waals surface area contributed by atoms with Crippen molar-refractivity contribution in [3.8, 4) is 12.1 Å². The topological polar surface area (TPSA) is 105 Å². The Balaban J connectivity index is 2.16. The second kappa shape index (κ2) is 7.79. The fourth-order valence-corrected chi connectivity index (χ4v) is 3.31. The van der Waals surface area contributed by atoms with E-state index in [9.17, 15) is 13.2 Å². The molecule has 0 spiro atoms. The van der Waals surface area contributed by atoms with Crippen LogP contribution < -0.4 is 4.90 Å². The number of benzene rings is 2. The van der Waals surface area contributed by atoms with Crippen molar-refractivity contribution < 1.29 is 13.2 Å². The molecule has 0 saturated heterocycles. The lowest BCUT2D eigenvalue weighted by molar-refractivity contribution is -0.118. The Labute approximate surface area is 152 Å². The van der Waals surface area contributed by atoms with Crippen molar-refractivity contribution in [3.05, 3.63) is 59.7 Å². The monoisotopic (exact) mass is 368 g/mol. The molecule has 1 amide bonds. The van der Waals surface area contributed by atoms with Crippen LogP contribution in [-0.2, 0) is 14.8 Å². The summed E-state index contributed by atoms with van der Waals surface area (Å²) in [7, 11) is -1.04. The molecule has 0 aliphatic carbocycles. The number of carbonyl (C=O) groups excluding carboxylic acids is 1. The average molecular weight is 368 g/mol. The second-order valence-corrected chi connectivity index (χ2v) is 7.56. The summed E-state index contributed by atoms with van der Waals surface area (Å²) in [5.41, 5.74) is 1.25. The zero-order valence-corrected chi connectivity index (χ0v) is 15.1. The minimum absolute atomic E-state index is 0.000862. The fourth-order valence-electron chi connectivity index (χ4n) is 2.19. The molecule has 0 saturated carbocycles. The van der Waals surface area contributed by atoms with Crippen LogP contribution in [0.2, 0.25) is 0 Å². The lowest BCUT2D eigenvalue weighted by Gasteiger charge is -2.22. The largest absolute Gasteiger partial charge is 0.314 e. The molecule has 0 N–H and O–H groups in total. The summed E-state index contributed by atoms with van der Waals surface area (Å²) in [6.07, 6.45) is 0. The molecule has 0 unspecified atom stereocenters. The van der Waals surface area contributed by atoms with Gasteiger partial charge in [0.2, 0.25) is 15.9 Å². The maximum Gasteiger partial charge on any atom is 0.243 e. The first-order valence-electron chi connectivity index (χ1n) is 7.53. The maximum absolute atomic E-state index is 12.6. The van der Waals surface area contributed by atoms with Crippen molar-refractivity contribution in [1.82, 2.24) is 4.31 Å². The van der Waals surface area contributed by atoms with E-state index in [1.54, 1.807) is 24.3 Å². The van der Waals surface area contributed by atoms with Gasteiger partial charge >= 0.3 is 0 Å². The third kappa shape index (κ3) is 4.06. The van der Waals surface area contributed by atoms with Crippen LogP contribution in [-0.4, -0.2) is 39.3 Å². The molecule has 2 rings (SSSR count). The van der Waals surface area contributed by atoms with Crippen LogP contribution in [0.15, 0.2) is 53.4 Å². The van der Waals surface area contributed by atoms with Gasteiger partial charge < -0.3 is 4.90 Å². The number of hydrogen-bond acceptors (Lipinski definition) is 5. The fraction of sp³-hybridized carbons (Fsp3) is 0.167. The average Bonchev–Trinajstić information content (AvgIpc) is 2.67.